The van der Waals surface area contributed by atoms with Crippen molar-refractivity contribution in [2.45, 2.75) is 63.3 Å². The third-order valence-electron chi connectivity index (χ3n) is 6.15. The first-order valence-electron chi connectivity index (χ1n) is 12.6. The van der Waals surface area contributed by atoms with Gasteiger partial charge in [-0.15, -0.1) is 0 Å². The number of aromatic hydroxyl groups is 1. The van der Waals surface area contributed by atoms with Gasteiger partial charge in [0.2, 0.25) is 23.6 Å². The fourth-order valence-electron chi connectivity index (χ4n) is 3.50. The minimum absolute atomic E-state index is 0.0884. The number of phenols is 1. The molecule has 228 valence electrons. The van der Waals surface area contributed by atoms with Gasteiger partial charge >= 0.3 is 11.9 Å². The van der Waals surface area contributed by atoms with Gasteiger partial charge in [-0.1, -0.05) is 32.4 Å². The monoisotopic (exact) mass is 583 g/mol. The zero-order valence-electron chi connectivity index (χ0n) is 22.6. The van der Waals surface area contributed by atoms with E-state index in [-0.39, 0.29) is 12.2 Å². The summed E-state index contributed by atoms with van der Waals surface area (Å²) in [7, 11) is 0. The van der Waals surface area contributed by atoms with Crippen LogP contribution < -0.4 is 27.0 Å². The zero-order valence-corrected chi connectivity index (χ0v) is 22.6. The Kier molecular flexibility index (Phi) is 14.2. The number of phenolic OH excluding ortho intramolecular Hbond substituents is 1. The lowest BCUT2D eigenvalue weighted by Gasteiger charge is -2.26. The second-order valence-corrected chi connectivity index (χ2v) is 9.33. The van der Waals surface area contributed by atoms with E-state index in [9.17, 15) is 49.2 Å². The third-order valence-corrected chi connectivity index (χ3v) is 6.15. The van der Waals surface area contributed by atoms with Gasteiger partial charge in [0.1, 0.15) is 36.0 Å². The van der Waals surface area contributed by atoms with Gasteiger partial charge in [0, 0.05) is 6.42 Å². The molecule has 0 aliphatic rings. The number of hydrogen-bond donors (Lipinski definition) is 10. The fourth-order valence-corrected chi connectivity index (χ4v) is 3.50. The summed E-state index contributed by atoms with van der Waals surface area (Å²) < 4.78 is 0. The highest BCUT2D eigenvalue weighted by Gasteiger charge is 2.33. The fraction of sp³-hybridized carbons (Fsp3) is 0.520. The Morgan fingerprint density at radius 2 is 1.29 bits per heavy atom. The molecule has 0 spiro atoms. The first-order chi connectivity index (χ1) is 19.2. The maximum atomic E-state index is 13.2. The Balaban J connectivity index is 3.22. The third kappa shape index (κ3) is 11.4. The molecule has 1 aromatic rings. The molecule has 1 aromatic carbocycles. The molecule has 0 bridgehead atoms. The maximum Gasteiger partial charge on any atom is 0.326 e. The topological polar surface area (TPSA) is 278 Å². The van der Waals surface area contributed by atoms with Gasteiger partial charge in [0.05, 0.1) is 19.6 Å². The Labute approximate surface area is 235 Å². The lowest BCUT2D eigenvalue weighted by atomic mass is 9.99. The molecule has 4 amide bonds. The standard InChI is InChI=1S/C25H37N5O11/c1-3-12(2)20(25(40)41)30-24(39)18(11-32)29-22(37)16(8-13-4-6-14(33)7-5-13)28-23(38)17(9-19(34)35)27-21(36)15(26)10-31/h4-7,12,15-18,20,31-33H,3,8-11,26H2,1-2H3,(H,27,36)(H,28,38)(H,29,37)(H,30,39)(H,34,35)(H,40,41)/t12-,15-,16-,17-,18-,20-/m0/s1. The number of aliphatic hydroxyl groups excluding tert-OH is 2. The van der Waals surface area contributed by atoms with Gasteiger partial charge in [-0.25, -0.2) is 4.79 Å². The van der Waals surface area contributed by atoms with Gasteiger partial charge in [-0.2, -0.15) is 0 Å². The number of aliphatic carboxylic acids is 2. The van der Waals surface area contributed by atoms with E-state index in [1.165, 1.54) is 24.3 Å². The van der Waals surface area contributed by atoms with Crippen molar-refractivity contribution in [3.05, 3.63) is 29.8 Å². The highest BCUT2D eigenvalue weighted by Crippen LogP contribution is 2.12. The van der Waals surface area contributed by atoms with Crippen molar-refractivity contribution in [2.24, 2.45) is 11.7 Å². The maximum absolute atomic E-state index is 13.2. The van der Waals surface area contributed by atoms with Crippen LogP contribution in [-0.4, -0.2) is 105 Å². The molecule has 0 aromatic heterocycles. The molecule has 0 heterocycles. The summed E-state index contributed by atoms with van der Waals surface area (Å²) in [4.78, 5) is 73.9. The van der Waals surface area contributed by atoms with Gasteiger partial charge in [-0.05, 0) is 23.6 Å². The summed E-state index contributed by atoms with van der Waals surface area (Å²) in [5.74, 6) is -7.52. The SMILES string of the molecule is CC[C@H](C)[C@H](NC(=O)[C@H](CO)NC(=O)[C@H](Cc1ccc(O)cc1)NC(=O)[C@H](CC(=O)O)NC(=O)[C@@H](N)CO)C(=O)O. The zero-order chi connectivity index (χ0) is 31.3. The van der Waals surface area contributed by atoms with Gasteiger partial charge in [-0.3, -0.25) is 24.0 Å². The molecule has 1 rings (SSSR count). The van der Waals surface area contributed by atoms with Crippen molar-refractivity contribution in [1.82, 2.24) is 21.3 Å². The van der Waals surface area contributed by atoms with E-state index in [0.29, 0.717) is 12.0 Å². The molecule has 16 nitrogen and oxygen atoms in total. The van der Waals surface area contributed by atoms with E-state index in [4.69, 9.17) is 10.8 Å². The Morgan fingerprint density at radius 3 is 1.78 bits per heavy atom. The highest BCUT2D eigenvalue weighted by molar-refractivity contribution is 5.96. The van der Waals surface area contributed by atoms with Crippen LogP contribution in [0.1, 0.15) is 32.3 Å². The summed E-state index contributed by atoms with van der Waals surface area (Å²) in [5.41, 5.74) is 5.83. The van der Waals surface area contributed by atoms with Crippen LogP contribution in [0.15, 0.2) is 24.3 Å². The van der Waals surface area contributed by atoms with Gasteiger partial charge in [0.25, 0.3) is 0 Å². The molecule has 41 heavy (non-hydrogen) atoms. The van der Waals surface area contributed by atoms with Crippen molar-refractivity contribution in [3.8, 4) is 5.75 Å². The van der Waals surface area contributed by atoms with Crippen LogP contribution in [-0.2, 0) is 35.2 Å². The summed E-state index contributed by atoms with van der Waals surface area (Å²) in [6, 6.07) is -2.13. The molecule has 11 N–H and O–H groups in total. The lowest BCUT2D eigenvalue weighted by molar-refractivity contribution is -0.144. The summed E-state index contributed by atoms with van der Waals surface area (Å²) >= 11 is 0. The number of carbonyl (C=O) groups is 6. The number of nitrogens with one attached hydrogen (secondary N) is 4. The number of rotatable bonds is 17. The number of aliphatic hydroxyl groups is 2. The second-order valence-electron chi connectivity index (χ2n) is 9.33. The van der Waals surface area contributed by atoms with E-state index in [1.807, 2.05) is 0 Å². The first-order valence-corrected chi connectivity index (χ1v) is 12.6. The van der Waals surface area contributed by atoms with Gasteiger partial charge in [0.15, 0.2) is 0 Å². The van der Waals surface area contributed by atoms with Crippen LogP contribution in [0, 0.1) is 5.92 Å². The Morgan fingerprint density at radius 1 is 0.780 bits per heavy atom. The first kappa shape index (κ1) is 34.7. The van der Waals surface area contributed by atoms with Crippen LogP contribution in [0.2, 0.25) is 0 Å². The molecule has 0 saturated carbocycles. The van der Waals surface area contributed by atoms with Crippen LogP contribution in [0.25, 0.3) is 0 Å². The largest absolute Gasteiger partial charge is 0.508 e. The smallest absolute Gasteiger partial charge is 0.326 e. The van der Waals surface area contributed by atoms with Crippen LogP contribution in [0.5, 0.6) is 5.75 Å². The molecular weight excluding hydrogens is 546 g/mol. The number of hydrogen-bond acceptors (Lipinski definition) is 10. The average Bonchev–Trinajstić information content (AvgIpc) is 2.93. The van der Waals surface area contributed by atoms with E-state index < -0.39 is 91.3 Å². The predicted molar refractivity (Wildman–Crippen MR) is 141 cm³/mol. The molecule has 0 radical (unpaired) electrons. The van der Waals surface area contributed by atoms with E-state index >= 15 is 0 Å². The average molecular weight is 584 g/mol. The summed E-state index contributed by atoms with van der Waals surface area (Å²) in [5, 5.41) is 55.9. The molecule has 16 heteroatoms. The predicted octanol–water partition coefficient (Wildman–Crippen LogP) is -3.21. The highest BCUT2D eigenvalue weighted by atomic mass is 16.4. The Bertz CT molecular complexity index is 1080. The minimum atomic E-state index is -1.71. The molecule has 0 aliphatic carbocycles. The number of nitrogens with two attached hydrogens (primary N) is 1. The number of carbonyl (C=O) groups excluding carboxylic acids is 4. The van der Waals surface area contributed by atoms with Gasteiger partial charge < -0.3 is 52.5 Å². The second kappa shape index (κ2) is 16.7. The van der Waals surface area contributed by atoms with E-state index in [0.717, 1.165) is 0 Å². The molecule has 0 aliphatic heterocycles. The lowest BCUT2D eigenvalue weighted by Crippen LogP contribution is -2.60. The van der Waals surface area contributed by atoms with Crippen molar-refractivity contribution >= 4 is 35.6 Å². The number of benzene rings is 1. The normalized spacial score (nSPS) is 15.2. The molecule has 0 saturated heterocycles. The summed E-state index contributed by atoms with van der Waals surface area (Å²) in [6.45, 7) is 1.59. The quantitative estimate of drug-likeness (QED) is 0.0867. The van der Waals surface area contributed by atoms with Crippen LogP contribution in [0.3, 0.4) is 0 Å². The van der Waals surface area contributed by atoms with E-state index in [1.54, 1.807) is 13.8 Å². The minimum Gasteiger partial charge on any atom is -0.508 e. The summed E-state index contributed by atoms with van der Waals surface area (Å²) in [6.07, 6.45) is -0.741. The molecule has 6 atom stereocenters. The Hall–Kier alpha value is -4.28. The van der Waals surface area contributed by atoms with E-state index in [2.05, 4.69) is 21.3 Å². The van der Waals surface area contributed by atoms with Crippen molar-refractivity contribution in [1.29, 1.82) is 0 Å². The number of carboxylic acids is 2. The van der Waals surface area contributed by atoms with Crippen molar-refractivity contribution in [2.75, 3.05) is 13.2 Å². The number of amides is 4. The molecule has 0 fully saturated rings. The van der Waals surface area contributed by atoms with Crippen molar-refractivity contribution < 1.29 is 54.3 Å². The number of carboxylic acid groups (broad SMARTS) is 2. The molecule has 0 unspecified atom stereocenters. The molecular formula is C25H37N5O11. The van der Waals surface area contributed by atoms with Crippen molar-refractivity contribution in [3.63, 3.8) is 0 Å². The van der Waals surface area contributed by atoms with Crippen LogP contribution in [0.4, 0.5) is 0 Å². The van der Waals surface area contributed by atoms with Crippen LogP contribution >= 0.6 is 0 Å².